The molecule has 0 heterocycles. The van der Waals surface area contributed by atoms with Crippen molar-refractivity contribution in [2.45, 2.75) is 24.2 Å². The van der Waals surface area contributed by atoms with E-state index in [0.29, 0.717) is 6.42 Å². The predicted molar refractivity (Wildman–Crippen MR) is 96.5 cm³/mol. The van der Waals surface area contributed by atoms with Gasteiger partial charge in [-0.15, -0.1) is 0 Å². The molecule has 1 aliphatic rings. The summed E-state index contributed by atoms with van der Waals surface area (Å²) in [7, 11) is -3.97. The summed E-state index contributed by atoms with van der Waals surface area (Å²) < 4.78 is 27.9. The molecule has 0 saturated heterocycles. The summed E-state index contributed by atoms with van der Waals surface area (Å²) in [5.74, 6) is -0.758. The predicted octanol–water partition coefficient (Wildman–Crippen LogP) is 4.02. The van der Waals surface area contributed by atoms with E-state index < -0.39 is 15.9 Å². The molecular formula is C17H15BrClNO3S. The standard InChI is InChI=1S/C17H15BrClNO3S/c1-10-2-7-15(19)16(8-10)24(22,23)20-17(21)14-9-13(14)11-3-5-12(18)6-4-11/h2-8,13-14H,9H2,1H3,(H,20,21)/t13-,14+/m0/s1. The van der Waals surface area contributed by atoms with Crippen LogP contribution in [-0.2, 0) is 14.8 Å². The van der Waals surface area contributed by atoms with E-state index in [0.717, 1.165) is 15.6 Å². The van der Waals surface area contributed by atoms with Crippen LogP contribution in [0.4, 0.5) is 0 Å². The molecule has 126 valence electrons. The first-order valence-electron chi connectivity index (χ1n) is 7.36. The topological polar surface area (TPSA) is 63.2 Å². The van der Waals surface area contributed by atoms with Crippen molar-refractivity contribution in [3.8, 4) is 0 Å². The summed E-state index contributed by atoms with van der Waals surface area (Å²) >= 11 is 9.33. The van der Waals surface area contributed by atoms with Gasteiger partial charge in [0, 0.05) is 10.4 Å². The fraction of sp³-hybridized carbons (Fsp3) is 0.235. The molecule has 1 amide bonds. The lowest BCUT2D eigenvalue weighted by molar-refractivity contribution is -0.120. The van der Waals surface area contributed by atoms with Crippen molar-refractivity contribution in [3.05, 3.63) is 63.1 Å². The number of amides is 1. The third kappa shape index (κ3) is 3.66. The zero-order valence-corrected chi connectivity index (χ0v) is 16.0. The fourth-order valence-corrected chi connectivity index (χ4v) is 4.52. The summed E-state index contributed by atoms with van der Waals surface area (Å²) in [4.78, 5) is 12.2. The van der Waals surface area contributed by atoms with E-state index in [1.54, 1.807) is 13.0 Å². The molecule has 2 aromatic carbocycles. The molecule has 4 nitrogen and oxygen atoms in total. The van der Waals surface area contributed by atoms with E-state index in [1.807, 2.05) is 24.3 Å². The molecule has 0 radical (unpaired) electrons. The van der Waals surface area contributed by atoms with Crippen LogP contribution in [-0.4, -0.2) is 14.3 Å². The molecule has 1 N–H and O–H groups in total. The van der Waals surface area contributed by atoms with Gasteiger partial charge in [0.15, 0.2) is 0 Å². The monoisotopic (exact) mass is 427 g/mol. The van der Waals surface area contributed by atoms with Crippen molar-refractivity contribution in [1.82, 2.24) is 4.72 Å². The van der Waals surface area contributed by atoms with E-state index in [9.17, 15) is 13.2 Å². The number of hydrogen-bond acceptors (Lipinski definition) is 3. The van der Waals surface area contributed by atoms with Crippen LogP contribution < -0.4 is 4.72 Å². The average Bonchev–Trinajstić information content (AvgIpc) is 3.30. The second-order valence-electron chi connectivity index (χ2n) is 5.90. The first kappa shape index (κ1) is 17.5. The first-order chi connectivity index (χ1) is 11.3. The normalized spacial score (nSPS) is 19.8. The Hall–Kier alpha value is -1.37. The van der Waals surface area contributed by atoms with Crippen molar-refractivity contribution in [2.75, 3.05) is 0 Å². The SMILES string of the molecule is Cc1ccc(Cl)c(S(=O)(=O)NC(=O)[C@@H]2C[C@H]2c2ccc(Br)cc2)c1. The third-order valence-corrected chi connectivity index (χ3v) is 6.39. The molecule has 0 spiro atoms. The minimum absolute atomic E-state index is 0.0567. The van der Waals surface area contributed by atoms with E-state index in [2.05, 4.69) is 20.7 Å². The largest absolute Gasteiger partial charge is 0.274 e. The second kappa shape index (κ2) is 6.50. The molecule has 0 aliphatic heterocycles. The van der Waals surface area contributed by atoms with Gasteiger partial charge in [0.1, 0.15) is 4.90 Å². The van der Waals surface area contributed by atoms with Gasteiger partial charge < -0.3 is 0 Å². The Balaban J connectivity index is 1.73. The number of carbonyl (C=O) groups is 1. The summed E-state index contributed by atoms with van der Waals surface area (Å²) in [5.41, 5.74) is 1.79. The van der Waals surface area contributed by atoms with E-state index in [4.69, 9.17) is 11.6 Å². The molecule has 0 bridgehead atoms. The van der Waals surface area contributed by atoms with Gasteiger partial charge in [-0.3, -0.25) is 4.79 Å². The molecule has 7 heteroatoms. The molecule has 24 heavy (non-hydrogen) atoms. The zero-order chi connectivity index (χ0) is 17.5. The summed E-state index contributed by atoms with van der Waals surface area (Å²) in [6, 6.07) is 12.4. The van der Waals surface area contributed by atoms with Gasteiger partial charge in [-0.1, -0.05) is 45.7 Å². The highest BCUT2D eigenvalue weighted by atomic mass is 79.9. The number of hydrogen-bond donors (Lipinski definition) is 1. The van der Waals surface area contributed by atoms with Gasteiger partial charge in [-0.2, -0.15) is 0 Å². The van der Waals surface area contributed by atoms with Gasteiger partial charge >= 0.3 is 0 Å². The lowest BCUT2D eigenvalue weighted by atomic mass is 10.1. The van der Waals surface area contributed by atoms with Crippen LogP contribution in [0.2, 0.25) is 5.02 Å². The van der Waals surface area contributed by atoms with Crippen molar-refractivity contribution < 1.29 is 13.2 Å². The second-order valence-corrected chi connectivity index (χ2v) is 8.88. The third-order valence-electron chi connectivity index (χ3n) is 4.04. The lowest BCUT2D eigenvalue weighted by Gasteiger charge is -2.09. The number of benzene rings is 2. The zero-order valence-electron chi connectivity index (χ0n) is 12.8. The summed E-state index contributed by atoms with van der Waals surface area (Å²) in [6.45, 7) is 1.77. The van der Waals surface area contributed by atoms with Crippen LogP contribution in [0, 0.1) is 12.8 Å². The van der Waals surface area contributed by atoms with Crippen LogP contribution in [0.15, 0.2) is 51.8 Å². The smallest absolute Gasteiger partial charge is 0.265 e. The first-order valence-corrected chi connectivity index (χ1v) is 10.0. The molecular weight excluding hydrogens is 414 g/mol. The Bertz CT molecular complexity index is 897. The number of rotatable bonds is 4. The molecule has 1 aliphatic carbocycles. The summed E-state index contributed by atoms with van der Waals surface area (Å²) in [5, 5.41) is 0.0983. The van der Waals surface area contributed by atoms with Gasteiger partial charge in [-0.05, 0) is 54.7 Å². The van der Waals surface area contributed by atoms with Crippen LogP contribution >= 0.6 is 27.5 Å². The van der Waals surface area contributed by atoms with Crippen LogP contribution in [0.25, 0.3) is 0 Å². The highest BCUT2D eigenvalue weighted by molar-refractivity contribution is 9.10. The number of aryl methyl sites for hydroxylation is 1. The van der Waals surface area contributed by atoms with Crippen molar-refractivity contribution >= 4 is 43.5 Å². The van der Waals surface area contributed by atoms with Gasteiger partial charge in [-0.25, -0.2) is 13.1 Å². The molecule has 3 rings (SSSR count). The average molecular weight is 429 g/mol. The minimum atomic E-state index is -3.97. The van der Waals surface area contributed by atoms with Crippen molar-refractivity contribution in [2.24, 2.45) is 5.92 Å². The molecule has 1 fully saturated rings. The van der Waals surface area contributed by atoms with Crippen LogP contribution in [0.5, 0.6) is 0 Å². The summed E-state index contributed by atoms with van der Waals surface area (Å²) in [6.07, 6.45) is 0.643. The molecule has 1 saturated carbocycles. The maximum Gasteiger partial charge on any atom is 0.265 e. The number of sulfonamides is 1. The minimum Gasteiger partial charge on any atom is -0.274 e. The lowest BCUT2D eigenvalue weighted by Crippen LogP contribution is -2.32. The quantitative estimate of drug-likeness (QED) is 0.800. The highest BCUT2D eigenvalue weighted by Gasteiger charge is 2.45. The molecule has 0 unspecified atom stereocenters. The Morgan fingerprint density at radius 1 is 1.21 bits per heavy atom. The highest BCUT2D eigenvalue weighted by Crippen LogP contribution is 2.47. The Morgan fingerprint density at radius 3 is 2.54 bits per heavy atom. The fourth-order valence-electron chi connectivity index (χ4n) is 2.64. The van der Waals surface area contributed by atoms with Gasteiger partial charge in [0.2, 0.25) is 5.91 Å². The number of carbonyl (C=O) groups excluding carboxylic acids is 1. The van der Waals surface area contributed by atoms with Crippen LogP contribution in [0.1, 0.15) is 23.5 Å². The Labute approximate surface area is 154 Å². The van der Waals surface area contributed by atoms with Gasteiger partial charge in [0.25, 0.3) is 10.0 Å². The van der Waals surface area contributed by atoms with E-state index >= 15 is 0 Å². The number of halogens is 2. The molecule has 2 atom stereocenters. The maximum absolute atomic E-state index is 12.4. The van der Waals surface area contributed by atoms with E-state index in [1.165, 1.54) is 12.1 Å². The number of nitrogens with one attached hydrogen (secondary N) is 1. The Morgan fingerprint density at radius 2 is 1.88 bits per heavy atom. The van der Waals surface area contributed by atoms with Crippen LogP contribution in [0.3, 0.4) is 0 Å². The molecule has 0 aromatic heterocycles. The van der Waals surface area contributed by atoms with E-state index in [-0.39, 0.29) is 21.8 Å². The maximum atomic E-state index is 12.4. The van der Waals surface area contributed by atoms with Crippen molar-refractivity contribution in [3.63, 3.8) is 0 Å². The molecule has 2 aromatic rings. The van der Waals surface area contributed by atoms with Gasteiger partial charge in [0.05, 0.1) is 5.02 Å². The Kier molecular flexibility index (Phi) is 4.73. The van der Waals surface area contributed by atoms with Crippen molar-refractivity contribution in [1.29, 1.82) is 0 Å².